The van der Waals surface area contributed by atoms with Gasteiger partial charge in [-0.1, -0.05) is 75.4 Å². The summed E-state index contributed by atoms with van der Waals surface area (Å²) in [7, 11) is 1.70. The number of amides is 3. The van der Waals surface area contributed by atoms with E-state index in [4.69, 9.17) is 10.5 Å². The number of nitrogens with zero attached hydrogens (tertiary/aromatic N) is 1. The second-order valence-electron chi connectivity index (χ2n) is 10.6. The lowest BCUT2D eigenvalue weighted by atomic mass is 9.96. The number of nitrogens with one attached hydrogen (secondary N) is 2. The van der Waals surface area contributed by atoms with Crippen LogP contribution >= 0.6 is 0 Å². The molecule has 2 aromatic rings. The van der Waals surface area contributed by atoms with E-state index >= 15 is 0 Å². The van der Waals surface area contributed by atoms with Gasteiger partial charge in [0.15, 0.2) is 0 Å². The summed E-state index contributed by atoms with van der Waals surface area (Å²) < 4.78 is 5.16. The van der Waals surface area contributed by atoms with Crippen molar-refractivity contribution in [3.05, 3.63) is 71.3 Å². The summed E-state index contributed by atoms with van der Waals surface area (Å²) >= 11 is 0. The Morgan fingerprint density at radius 2 is 1.69 bits per heavy atom. The summed E-state index contributed by atoms with van der Waals surface area (Å²) in [5, 5.41) is 6.05. The van der Waals surface area contributed by atoms with Gasteiger partial charge in [0, 0.05) is 20.3 Å². The smallest absolute Gasteiger partial charge is 0.246 e. The van der Waals surface area contributed by atoms with E-state index < -0.39 is 18.1 Å². The number of rotatable bonds is 13. The van der Waals surface area contributed by atoms with Crippen molar-refractivity contribution in [3.63, 3.8) is 0 Å². The van der Waals surface area contributed by atoms with Crippen molar-refractivity contribution < 1.29 is 19.1 Å². The Hall–Kier alpha value is -3.23. The summed E-state index contributed by atoms with van der Waals surface area (Å²) in [6.45, 7) is 6.79. The van der Waals surface area contributed by atoms with Crippen LogP contribution in [0.3, 0.4) is 0 Å². The first-order chi connectivity index (χ1) is 18.8. The van der Waals surface area contributed by atoms with Gasteiger partial charge >= 0.3 is 0 Å². The van der Waals surface area contributed by atoms with E-state index in [1.807, 2.05) is 51.1 Å². The average molecular weight is 537 g/mol. The highest BCUT2D eigenvalue weighted by Crippen LogP contribution is 2.26. The van der Waals surface area contributed by atoms with Crippen molar-refractivity contribution in [3.8, 4) is 0 Å². The quantitative estimate of drug-likeness (QED) is 0.340. The van der Waals surface area contributed by atoms with Crippen molar-refractivity contribution in [2.75, 3.05) is 20.3 Å². The van der Waals surface area contributed by atoms with E-state index in [9.17, 15) is 14.4 Å². The zero-order chi connectivity index (χ0) is 28.4. The third-order valence-corrected chi connectivity index (χ3v) is 7.39. The van der Waals surface area contributed by atoms with Crippen LogP contribution in [-0.2, 0) is 25.5 Å². The molecule has 8 nitrogen and oxygen atoms in total. The molecule has 0 spiro atoms. The molecule has 0 aromatic heterocycles. The zero-order valence-electron chi connectivity index (χ0n) is 23.7. The van der Waals surface area contributed by atoms with Crippen LogP contribution in [0, 0.1) is 5.92 Å². The number of carbonyl (C=O) groups excluding carboxylic acids is 3. The number of hydrogen-bond donors (Lipinski definition) is 3. The molecule has 0 bridgehead atoms. The fourth-order valence-corrected chi connectivity index (χ4v) is 4.98. The van der Waals surface area contributed by atoms with Gasteiger partial charge in [-0.2, -0.15) is 0 Å². The average Bonchev–Trinajstić information content (AvgIpc) is 3.45. The van der Waals surface area contributed by atoms with Gasteiger partial charge in [-0.25, -0.2) is 0 Å². The van der Waals surface area contributed by atoms with Crippen LogP contribution in [0.25, 0.3) is 0 Å². The Balaban J connectivity index is 1.78. The largest absolute Gasteiger partial charge is 0.385 e. The predicted octanol–water partition coefficient (Wildman–Crippen LogP) is 3.34. The van der Waals surface area contributed by atoms with Crippen molar-refractivity contribution in [2.24, 2.45) is 11.7 Å². The summed E-state index contributed by atoms with van der Waals surface area (Å²) in [4.78, 5) is 41.4. The number of nitrogens with two attached hydrogens (primary N) is 1. The molecule has 1 saturated heterocycles. The van der Waals surface area contributed by atoms with Gasteiger partial charge in [0.05, 0.1) is 12.1 Å². The van der Waals surface area contributed by atoms with Gasteiger partial charge in [-0.05, 0) is 54.7 Å². The van der Waals surface area contributed by atoms with Crippen molar-refractivity contribution in [1.29, 1.82) is 0 Å². The second-order valence-corrected chi connectivity index (χ2v) is 10.6. The Morgan fingerprint density at radius 1 is 1.03 bits per heavy atom. The second kappa shape index (κ2) is 14.8. The van der Waals surface area contributed by atoms with Gasteiger partial charge in [0.1, 0.15) is 12.1 Å². The van der Waals surface area contributed by atoms with Crippen LogP contribution in [0.1, 0.15) is 69.2 Å². The number of benzene rings is 2. The molecular formula is C31H44N4O4. The first kappa shape index (κ1) is 30.3. The summed E-state index contributed by atoms with van der Waals surface area (Å²) in [6.07, 6.45) is 3.65. The predicted molar refractivity (Wildman–Crippen MR) is 153 cm³/mol. The van der Waals surface area contributed by atoms with E-state index in [1.165, 1.54) is 5.56 Å². The lowest BCUT2D eigenvalue weighted by Crippen LogP contribution is -2.57. The number of ether oxygens (including phenoxy) is 1. The van der Waals surface area contributed by atoms with Crippen LogP contribution in [0.5, 0.6) is 0 Å². The maximum Gasteiger partial charge on any atom is 0.246 e. The number of hydrogen-bond acceptors (Lipinski definition) is 5. The fraction of sp³-hybridized carbons (Fsp3) is 0.516. The molecule has 1 aliphatic heterocycles. The Kier molecular flexibility index (Phi) is 11.5. The van der Waals surface area contributed by atoms with E-state index in [1.54, 1.807) is 12.0 Å². The van der Waals surface area contributed by atoms with Crippen molar-refractivity contribution in [2.45, 2.75) is 77.0 Å². The molecule has 0 aliphatic carbocycles. The molecule has 0 unspecified atom stereocenters. The lowest BCUT2D eigenvalue weighted by molar-refractivity contribution is -0.142. The monoisotopic (exact) mass is 536 g/mol. The summed E-state index contributed by atoms with van der Waals surface area (Å²) in [5.41, 5.74) is 9.05. The zero-order valence-corrected chi connectivity index (χ0v) is 23.7. The van der Waals surface area contributed by atoms with Crippen LogP contribution in [0.2, 0.25) is 0 Å². The standard InChI is InChI=1S/C31H44N4O4/c1-5-25(32)29(36)33-27(21(2)3)31(38)35-19-9-14-26(35)30(37)34-28(23-12-7-6-8-13-23)24-17-15-22(16-18-24)11-10-20-39-4/h6-8,12-13,15-18,21,25-28H,5,9-11,14,19-20,32H2,1-4H3,(H,33,36)(H,34,37)/t25-,26-,27-,28-/m0/s1. The first-order valence-corrected chi connectivity index (χ1v) is 14.1. The van der Waals surface area contributed by atoms with E-state index in [0.717, 1.165) is 30.4 Å². The molecule has 1 heterocycles. The van der Waals surface area contributed by atoms with Gasteiger partial charge in [0.25, 0.3) is 0 Å². The normalized spacial score (nSPS) is 17.5. The molecule has 39 heavy (non-hydrogen) atoms. The molecule has 4 N–H and O–H groups in total. The fourth-order valence-electron chi connectivity index (χ4n) is 4.98. The Labute approximate surface area is 232 Å². The number of likely N-dealkylation sites (tertiary alicyclic amines) is 1. The number of carbonyl (C=O) groups is 3. The SMILES string of the molecule is CC[C@H](N)C(=O)N[C@H](C(=O)N1CCC[C@H]1C(=O)N[C@@H](c1ccccc1)c1ccc(CCCOC)cc1)C(C)C. The summed E-state index contributed by atoms with van der Waals surface area (Å²) in [6, 6.07) is 15.8. The van der Waals surface area contributed by atoms with Gasteiger partial charge in [0.2, 0.25) is 17.7 Å². The molecule has 1 aliphatic rings. The minimum absolute atomic E-state index is 0.144. The molecular weight excluding hydrogens is 492 g/mol. The van der Waals surface area contributed by atoms with Gasteiger partial charge in [-0.3, -0.25) is 14.4 Å². The third-order valence-electron chi connectivity index (χ3n) is 7.39. The van der Waals surface area contributed by atoms with Crippen LogP contribution in [-0.4, -0.2) is 61.0 Å². The molecule has 1 fully saturated rings. The number of aryl methyl sites for hydroxylation is 1. The Bertz CT molecular complexity index is 1070. The van der Waals surface area contributed by atoms with Crippen molar-refractivity contribution >= 4 is 17.7 Å². The topological polar surface area (TPSA) is 114 Å². The molecule has 3 rings (SSSR count). The third kappa shape index (κ3) is 8.13. The molecule has 0 radical (unpaired) electrons. The molecule has 212 valence electrons. The molecule has 8 heteroatoms. The molecule has 2 aromatic carbocycles. The van der Waals surface area contributed by atoms with Crippen molar-refractivity contribution in [1.82, 2.24) is 15.5 Å². The maximum absolute atomic E-state index is 13.7. The lowest BCUT2D eigenvalue weighted by Gasteiger charge is -2.32. The summed E-state index contributed by atoms with van der Waals surface area (Å²) in [5.74, 6) is -0.928. The minimum atomic E-state index is -0.737. The van der Waals surface area contributed by atoms with Gasteiger partial charge < -0.3 is 26.0 Å². The highest BCUT2D eigenvalue weighted by molar-refractivity contribution is 5.93. The molecule has 3 amide bonds. The maximum atomic E-state index is 13.7. The Morgan fingerprint density at radius 3 is 2.31 bits per heavy atom. The van der Waals surface area contributed by atoms with Crippen LogP contribution < -0.4 is 16.4 Å². The van der Waals surface area contributed by atoms with Gasteiger partial charge in [-0.15, -0.1) is 0 Å². The van der Waals surface area contributed by atoms with Crippen LogP contribution in [0.15, 0.2) is 54.6 Å². The molecule has 0 saturated carbocycles. The highest BCUT2D eigenvalue weighted by Gasteiger charge is 2.39. The van der Waals surface area contributed by atoms with E-state index in [0.29, 0.717) is 26.0 Å². The first-order valence-electron chi connectivity index (χ1n) is 14.1. The highest BCUT2D eigenvalue weighted by atomic mass is 16.5. The van der Waals surface area contributed by atoms with E-state index in [-0.39, 0.29) is 29.7 Å². The number of methoxy groups -OCH3 is 1. The minimum Gasteiger partial charge on any atom is -0.385 e. The van der Waals surface area contributed by atoms with E-state index in [2.05, 4.69) is 34.9 Å². The van der Waals surface area contributed by atoms with Crippen LogP contribution in [0.4, 0.5) is 0 Å². The molecule has 4 atom stereocenters.